The highest BCUT2D eigenvalue weighted by Crippen LogP contribution is 2.15. The number of hydrogen-bond donors (Lipinski definition) is 2. The fourth-order valence-corrected chi connectivity index (χ4v) is 1.89. The third kappa shape index (κ3) is 3.74. The van der Waals surface area contributed by atoms with Crippen LogP contribution in [-0.2, 0) is 0 Å². The minimum absolute atomic E-state index is 0.456. The van der Waals surface area contributed by atoms with Crippen molar-refractivity contribution >= 4 is 23.3 Å². The van der Waals surface area contributed by atoms with Crippen molar-refractivity contribution in [1.29, 1.82) is 5.26 Å². The summed E-state index contributed by atoms with van der Waals surface area (Å²) in [7, 11) is 0. The maximum Gasteiger partial charge on any atom is 0.320 e. The lowest BCUT2D eigenvalue weighted by Crippen LogP contribution is -2.31. The Balaban J connectivity index is 2.02. The lowest BCUT2D eigenvalue weighted by Gasteiger charge is -2.13. The Morgan fingerprint density at radius 3 is 2.55 bits per heavy atom. The van der Waals surface area contributed by atoms with Gasteiger partial charge in [0.05, 0.1) is 6.07 Å². The summed E-state index contributed by atoms with van der Waals surface area (Å²) in [5, 5.41) is 14.9. The Labute approximate surface area is 122 Å². The van der Waals surface area contributed by atoms with Crippen LogP contribution in [0, 0.1) is 11.3 Å². The second-order valence-electron chi connectivity index (χ2n) is 4.08. The number of rotatable bonds is 3. The van der Waals surface area contributed by atoms with Gasteiger partial charge in [-0.3, -0.25) is 0 Å². The molecule has 1 unspecified atom stereocenters. The minimum Gasteiger partial charge on any atom is -0.318 e. The number of nitrogens with one attached hydrogen (secondary N) is 2. The Hall–Kier alpha value is -2.51. The molecule has 1 atom stereocenters. The van der Waals surface area contributed by atoms with Crippen LogP contribution in [0.5, 0.6) is 0 Å². The van der Waals surface area contributed by atoms with E-state index < -0.39 is 12.1 Å². The van der Waals surface area contributed by atoms with Crippen LogP contribution in [-0.4, -0.2) is 6.03 Å². The summed E-state index contributed by atoms with van der Waals surface area (Å²) in [5.41, 5.74) is 1.30. The van der Waals surface area contributed by atoms with E-state index in [1.54, 1.807) is 36.4 Å². The van der Waals surface area contributed by atoms with Gasteiger partial charge < -0.3 is 10.6 Å². The van der Waals surface area contributed by atoms with E-state index in [1.165, 1.54) is 0 Å². The molecule has 0 bridgehead atoms. The van der Waals surface area contributed by atoms with Crippen molar-refractivity contribution in [1.82, 2.24) is 5.32 Å². The number of nitriles is 1. The summed E-state index contributed by atoms with van der Waals surface area (Å²) in [6, 6.07) is 16.7. The van der Waals surface area contributed by atoms with Gasteiger partial charge in [-0.15, -0.1) is 0 Å². The van der Waals surface area contributed by atoms with Crippen molar-refractivity contribution in [2.45, 2.75) is 6.04 Å². The molecule has 0 aliphatic carbocycles. The van der Waals surface area contributed by atoms with Gasteiger partial charge in [-0.25, -0.2) is 4.79 Å². The van der Waals surface area contributed by atoms with Gasteiger partial charge in [-0.05, 0) is 23.8 Å². The van der Waals surface area contributed by atoms with Crippen LogP contribution >= 0.6 is 11.6 Å². The lowest BCUT2D eigenvalue weighted by molar-refractivity contribution is 0.250. The topological polar surface area (TPSA) is 64.9 Å². The first kappa shape index (κ1) is 13.9. The Kier molecular flexibility index (Phi) is 4.59. The Morgan fingerprint density at radius 2 is 1.90 bits per heavy atom. The van der Waals surface area contributed by atoms with E-state index in [2.05, 4.69) is 10.6 Å². The molecule has 2 N–H and O–H groups in total. The molecule has 0 fully saturated rings. The highest BCUT2D eigenvalue weighted by Gasteiger charge is 2.13. The molecule has 0 aromatic heterocycles. The fraction of sp³-hybridized carbons (Fsp3) is 0.0667. The number of nitrogens with zero attached hydrogens (tertiary/aromatic N) is 1. The standard InChI is InChI=1S/C15H12ClN3O/c16-12-7-4-8-13(9-12)18-15(20)19-14(10-17)11-5-2-1-3-6-11/h1-9,14H,(H2,18,19,20). The maximum atomic E-state index is 11.8. The molecule has 20 heavy (non-hydrogen) atoms. The Morgan fingerprint density at radius 1 is 1.15 bits per heavy atom. The summed E-state index contributed by atoms with van der Waals surface area (Å²) in [6.07, 6.45) is 0. The van der Waals surface area contributed by atoms with Crippen LogP contribution in [0.25, 0.3) is 0 Å². The number of carbonyl (C=O) groups is 1. The smallest absolute Gasteiger partial charge is 0.318 e. The molecule has 0 aliphatic heterocycles. The highest BCUT2D eigenvalue weighted by molar-refractivity contribution is 6.30. The monoisotopic (exact) mass is 285 g/mol. The number of carbonyl (C=O) groups excluding carboxylic acids is 1. The average molecular weight is 286 g/mol. The normalized spacial score (nSPS) is 11.2. The van der Waals surface area contributed by atoms with Crippen LogP contribution in [0.2, 0.25) is 5.02 Å². The first-order chi connectivity index (χ1) is 9.69. The van der Waals surface area contributed by atoms with E-state index in [-0.39, 0.29) is 0 Å². The second-order valence-corrected chi connectivity index (χ2v) is 4.52. The van der Waals surface area contributed by atoms with E-state index in [0.717, 1.165) is 5.56 Å². The van der Waals surface area contributed by atoms with Crippen molar-refractivity contribution in [2.75, 3.05) is 5.32 Å². The predicted octanol–water partition coefficient (Wildman–Crippen LogP) is 3.73. The number of amides is 2. The number of hydrogen-bond acceptors (Lipinski definition) is 2. The molecule has 2 amide bonds. The molecular formula is C15H12ClN3O. The van der Waals surface area contributed by atoms with Crippen molar-refractivity contribution in [2.24, 2.45) is 0 Å². The maximum absolute atomic E-state index is 11.8. The van der Waals surface area contributed by atoms with Gasteiger partial charge in [0.2, 0.25) is 0 Å². The highest BCUT2D eigenvalue weighted by atomic mass is 35.5. The molecule has 0 aliphatic rings. The summed E-state index contributed by atoms with van der Waals surface area (Å²) in [4.78, 5) is 11.8. The number of anilines is 1. The third-order valence-corrected chi connectivity index (χ3v) is 2.86. The van der Waals surface area contributed by atoms with Crippen molar-refractivity contribution < 1.29 is 4.79 Å². The molecule has 2 rings (SSSR count). The van der Waals surface area contributed by atoms with E-state index in [4.69, 9.17) is 16.9 Å². The van der Waals surface area contributed by atoms with Crippen LogP contribution < -0.4 is 10.6 Å². The number of urea groups is 1. The van der Waals surface area contributed by atoms with Gasteiger partial charge in [0, 0.05) is 10.7 Å². The van der Waals surface area contributed by atoms with Gasteiger partial charge in [0.15, 0.2) is 0 Å². The van der Waals surface area contributed by atoms with E-state index in [1.807, 2.05) is 24.3 Å². The van der Waals surface area contributed by atoms with Gasteiger partial charge >= 0.3 is 6.03 Å². The zero-order valence-electron chi connectivity index (χ0n) is 10.5. The molecular weight excluding hydrogens is 274 g/mol. The molecule has 0 saturated heterocycles. The number of benzene rings is 2. The molecule has 100 valence electrons. The van der Waals surface area contributed by atoms with Gasteiger partial charge in [0.25, 0.3) is 0 Å². The van der Waals surface area contributed by atoms with Gasteiger partial charge in [0.1, 0.15) is 6.04 Å². The summed E-state index contributed by atoms with van der Waals surface area (Å²) in [6.45, 7) is 0. The van der Waals surface area contributed by atoms with Crippen molar-refractivity contribution in [3.63, 3.8) is 0 Å². The van der Waals surface area contributed by atoms with Crippen LogP contribution in [0.3, 0.4) is 0 Å². The molecule has 2 aromatic rings. The quantitative estimate of drug-likeness (QED) is 0.902. The zero-order chi connectivity index (χ0) is 14.4. The summed E-state index contributed by atoms with van der Waals surface area (Å²) in [5.74, 6) is 0. The molecule has 0 heterocycles. The lowest BCUT2D eigenvalue weighted by atomic mass is 10.1. The van der Waals surface area contributed by atoms with E-state index >= 15 is 0 Å². The average Bonchev–Trinajstić information content (AvgIpc) is 2.45. The molecule has 2 aromatic carbocycles. The largest absolute Gasteiger partial charge is 0.320 e. The third-order valence-electron chi connectivity index (χ3n) is 2.62. The van der Waals surface area contributed by atoms with E-state index in [0.29, 0.717) is 10.7 Å². The van der Waals surface area contributed by atoms with Gasteiger partial charge in [-0.2, -0.15) is 5.26 Å². The molecule has 0 saturated carbocycles. The molecule has 0 spiro atoms. The first-order valence-corrected chi connectivity index (χ1v) is 6.34. The molecule has 0 radical (unpaired) electrons. The predicted molar refractivity (Wildman–Crippen MR) is 78.4 cm³/mol. The SMILES string of the molecule is N#CC(NC(=O)Nc1cccc(Cl)c1)c1ccccc1. The summed E-state index contributed by atoms with van der Waals surface area (Å²) >= 11 is 5.83. The van der Waals surface area contributed by atoms with Gasteiger partial charge in [-0.1, -0.05) is 48.0 Å². The zero-order valence-corrected chi connectivity index (χ0v) is 11.3. The fourth-order valence-electron chi connectivity index (χ4n) is 1.70. The molecule has 4 nitrogen and oxygen atoms in total. The van der Waals surface area contributed by atoms with Crippen LogP contribution in [0.4, 0.5) is 10.5 Å². The van der Waals surface area contributed by atoms with E-state index in [9.17, 15) is 4.79 Å². The van der Waals surface area contributed by atoms with Crippen LogP contribution in [0.1, 0.15) is 11.6 Å². The summed E-state index contributed by atoms with van der Waals surface area (Å²) < 4.78 is 0. The minimum atomic E-state index is -0.699. The van der Waals surface area contributed by atoms with Crippen LogP contribution in [0.15, 0.2) is 54.6 Å². The second kappa shape index (κ2) is 6.60. The first-order valence-electron chi connectivity index (χ1n) is 5.96. The Bertz CT molecular complexity index is 637. The number of halogens is 1. The molecule has 5 heteroatoms. The van der Waals surface area contributed by atoms with Crippen molar-refractivity contribution in [3.8, 4) is 6.07 Å². The van der Waals surface area contributed by atoms with Crippen molar-refractivity contribution in [3.05, 3.63) is 65.2 Å².